The minimum atomic E-state index is 0.825. The predicted octanol–water partition coefficient (Wildman–Crippen LogP) is 2.22. The Kier molecular flexibility index (Phi) is 1.57. The maximum Gasteiger partial charge on any atom is 0.123 e. The molecule has 1 nitrogen and oxygen atoms in total. The Balaban J connectivity index is 2.57. The summed E-state index contributed by atoms with van der Waals surface area (Å²) < 4.78 is 5.39. The normalized spacial score (nSPS) is 14.4. The van der Waals surface area contributed by atoms with Gasteiger partial charge in [0.1, 0.15) is 5.75 Å². The largest absolute Gasteiger partial charge is 0.493 e. The molecular formula is C9H10OS. The number of fused-ring (bicyclic) bond motifs is 1. The van der Waals surface area contributed by atoms with Crippen LogP contribution in [0.25, 0.3) is 0 Å². The minimum Gasteiger partial charge on any atom is -0.493 e. The molecular weight excluding hydrogens is 156 g/mol. The molecule has 11 heavy (non-hydrogen) atoms. The van der Waals surface area contributed by atoms with E-state index < -0.39 is 0 Å². The molecule has 1 aromatic carbocycles. The molecule has 0 bridgehead atoms. The zero-order valence-electron chi connectivity index (χ0n) is 6.42. The van der Waals surface area contributed by atoms with Crippen LogP contribution in [0.5, 0.6) is 5.75 Å². The van der Waals surface area contributed by atoms with Gasteiger partial charge in [0.15, 0.2) is 0 Å². The van der Waals surface area contributed by atoms with Crippen LogP contribution in [-0.4, -0.2) is 6.61 Å². The highest BCUT2D eigenvalue weighted by atomic mass is 32.1. The average Bonchev–Trinajstić information content (AvgIpc) is 2.36. The second kappa shape index (κ2) is 2.45. The van der Waals surface area contributed by atoms with Crippen molar-refractivity contribution >= 4 is 12.6 Å². The minimum absolute atomic E-state index is 0.825. The van der Waals surface area contributed by atoms with Crippen molar-refractivity contribution in [3.8, 4) is 5.75 Å². The van der Waals surface area contributed by atoms with E-state index in [0.717, 1.165) is 23.7 Å². The van der Waals surface area contributed by atoms with Crippen LogP contribution < -0.4 is 4.74 Å². The van der Waals surface area contributed by atoms with Gasteiger partial charge in [-0.1, -0.05) is 6.07 Å². The molecule has 0 atom stereocenters. The molecule has 0 spiro atoms. The third-order valence-corrected chi connectivity index (χ3v) is 2.49. The second-order valence-electron chi connectivity index (χ2n) is 2.84. The highest BCUT2D eigenvalue weighted by Gasteiger charge is 2.12. The summed E-state index contributed by atoms with van der Waals surface area (Å²) in [5.41, 5.74) is 2.55. The Morgan fingerprint density at radius 3 is 3.09 bits per heavy atom. The molecule has 1 heterocycles. The quantitative estimate of drug-likeness (QED) is 0.581. The first-order valence-corrected chi connectivity index (χ1v) is 4.17. The number of thiol groups is 1. The molecule has 0 radical (unpaired) electrons. The summed E-state index contributed by atoms with van der Waals surface area (Å²) in [7, 11) is 0. The third-order valence-electron chi connectivity index (χ3n) is 2.01. The summed E-state index contributed by atoms with van der Waals surface area (Å²) in [5, 5.41) is 0. The summed E-state index contributed by atoms with van der Waals surface area (Å²) >= 11 is 4.32. The van der Waals surface area contributed by atoms with E-state index in [1.807, 2.05) is 6.07 Å². The Bertz CT molecular complexity index is 265. The third kappa shape index (κ3) is 1.11. The van der Waals surface area contributed by atoms with E-state index in [1.54, 1.807) is 0 Å². The lowest BCUT2D eigenvalue weighted by Crippen LogP contribution is -1.85. The molecule has 1 aliphatic heterocycles. The number of benzene rings is 1. The van der Waals surface area contributed by atoms with Crippen molar-refractivity contribution in [2.24, 2.45) is 0 Å². The number of hydrogen-bond donors (Lipinski definition) is 1. The van der Waals surface area contributed by atoms with Gasteiger partial charge in [-0.05, 0) is 24.1 Å². The van der Waals surface area contributed by atoms with Crippen LogP contribution >= 0.6 is 12.6 Å². The van der Waals surface area contributed by atoms with E-state index in [0.29, 0.717) is 0 Å². The van der Waals surface area contributed by atoms with Gasteiger partial charge in [-0.2, -0.15) is 0 Å². The van der Waals surface area contributed by atoms with Crippen LogP contribution in [0.3, 0.4) is 0 Å². The maximum absolute atomic E-state index is 5.39. The Morgan fingerprint density at radius 1 is 1.45 bits per heavy atom. The number of aryl methyl sites for hydroxylation is 1. The molecule has 1 aliphatic rings. The van der Waals surface area contributed by atoms with Crippen LogP contribution in [0.15, 0.2) is 17.0 Å². The molecule has 2 heteroatoms. The van der Waals surface area contributed by atoms with Gasteiger partial charge >= 0.3 is 0 Å². The zero-order chi connectivity index (χ0) is 7.84. The summed E-state index contributed by atoms with van der Waals surface area (Å²) in [6, 6.07) is 4.16. The summed E-state index contributed by atoms with van der Waals surface area (Å²) in [6.45, 7) is 2.90. The van der Waals surface area contributed by atoms with E-state index in [9.17, 15) is 0 Å². The van der Waals surface area contributed by atoms with Gasteiger partial charge in [0, 0.05) is 11.3 Å². The fourth-order valence-corrected chi connectivity index (χ4v) is 1.52. The molecule has 0 N–H and O–H groups in total. The molecule has 0 fully saturated rings. The molecule has 0 saturated heterocycles. The highest BCUT2D eigenvalue weighted by Crippen LogP contribution is 2.29. The average molecular weight is 166 g/mol. The molecule has 0 unspecified atom stereocenters. The molecule has 1 aromatic rings. The highest BCUT2D eigenvalue weighted by molar-refractivity contribution is 7.80. The van der Waals surface area contributed by atoms with Gasteiger partial charge in [-0.15, -0.1) is 12.6 Å². The maximum atomic E-state index is 5.39. The second-order valence-corrected chi connectivity index (χ2v) is 3.33. The summed E-state index contributed by atoms with van der Waals surface area (Å²) in [4.78, 5) is 1.02. The van der Waals surface area contributed by atoms with E-state index in [-0.39, 0.29) is 0 Å². The van der Waals surface area contributed by atoms with Crippen LogP contribution in [0.4, 0.5) is 0 Å². The van der Waals surface area contributed by atoms with Gasteiger partial charge in [-0.3, -0.25) is 0 Å². The molecule has 0 aromatic heterocycles. The molecule has 58 valence electrons. The van der Waals surface area contributed by atoms with Crippen LogP contribution in [0, 0.1) is 6.92 Å². The van der Waals surface area contributed by atoms with E-state index in [2.05, 4.69) is 25.6 Å². The molecule has 0 saturated carbocycles. The van der Waals surface area contributed by atoms with Crippen LogP contribution in [0.2, 0.25) is 0 Å². The standard InChI is InChI=1S/C9H10OS/c1-6-4-7-2-3-10-8(7)5-9(6)11/h4-5,11H,2-3H2,1H3. The van der Waals surface area contributed by atoms with Gasteiger partial charge in [0.05, 0.1) is 6.61 Å². The Hall–Kier alpha value is -0.630. The van der Waals surface area contributed by atoms with Gasteiger partial charge in [-0.25, -0.2) is 0 Å². The van der Waals surface area contributed by atoms with Gasteiger partial charge in [0.25, 0.3) is 0 Å². The van der Waals surface area contributed by atoms with E-state index in [1.165, 1.54) is 11.1 Å². The van der Waals surface area contributed by atoms with Crippen LogP contribution in [0.1, 0.15) is 11.1 Å². The van der Waals surface area contributed by atoms with Crippen molar-refractivity contribution in [1.82, 2.24) is 0 Å². The van der Waals surface area contributed by atoms with Crippen molar-refractivity contribution in [2.45, 2.75) is 18.2 Å². The lowest BCUT2D eigenvalue weighted by molar-refractivity contribution is 0.356. The molecule has 0 aliphatic carbocycles. The van der Waals surface area contributed by atoms with E-state index in [4.69, 9.17) is 4.74 Å². The van der Waals surface area contributed by atoms with Crippen LogP contribution in [-0.2, 0) is 6.42 Å². The first kappa shape index (κ1) is 7.04. The topological polar surface area (TPSA) is 9.23 Å². The number of ether oxygens (including phenoxy) is 1. The van der Waals surface area contributed by atoms with Gasteiger partial charge < -0.3 is 4.74 Å². The number of hydrogen-bond acceptors (Lipinski definition) is 2. The van der Waals surface area contributed by atoms with Crippen molar-refractivity contribution in [1.29, 1.82) is 0 Å². The molecule has 2 rings (SSSR count). The predicted molar refractivity (Wildman–Crippen MR) is 47.6 cm³/mol. The lowest BCUT2D eigenvalue weighted by atomic mass is 10.1. The summed E-state index contributed by atoms with van der Waals surface area (Å²) in [6.07, 6.45) is 1.05. The fourth-order valence-electron chi connectivity index (χ4n) is 1.34. The lowest BCUT2D eigenvalue weighted by Gasteiger charge is -2.02. The molecule has 0 amide bonds. The van der Waals surface area contributed by atoms with Crippen molar-refractivity contribution < 1.29 is 4.74 Å². The van der Waals surface area contributed by atoms with Gasteiger partial charge in [0.2, 0.25) is 0 Å². The number of rotatable bonds is 0. The smallest absolute Gasteiger partial charge is 0.123 e. The monoisotopic (exact) mass is 166 g/mol. The first-order valence-electron chi connectivity index (χ1n) is 3.72. The van der Waals surface area contributed by atoms with Crippen molar-refractivity contribution in [3.05, 3.63) is 23.3 Å². The Labute approximate surface area is 71.8 Å². The zero-order valence-corrected chi connectivity index (χ0v) is 7.32. The fraction of sp³-hybridized carbons (Fsp3) is 0.333. The summed E-state index contributed by atoms with van der Waals surface area (Å²) in [5.74, 6) is 1.01. The first-order chi connectivity index (χ1) is 5.27. The SMILES string of the molecule is Cc1cc2c(cc1S)OCC2. The van der Waals surface area contributed by atoms with Crippen molar-refractivity contribution in [2.75, 3.05) is 6.61 Å². The van der Waals surface area contributed by atoms with Crippen molar-refractivity contribution in [3.63, 3.8) is 0 Å². The van der Waals surface area contributed by atoms with E-state index >= 15 is 0 Å². The Morgan fingerprint density at radius 2 is 2.27 bits per heavy atom.